The minimum Gasteiger partial charge on any atom is -0.402 e. The summed E-state index contributed by atoms with van der Waals surface area (Å²) in [7, 11) is -0.249. The Kier molecular flexibility index (Phi) is 3.85. The minimum absolute atomic E-state index is 0.00833. The lowest BCUT2D eigenvalue weighted by Gasteiger charge is -2.32. The lowest BCUT2D eigenvalue weighted by molar-refractivity contribution is 0.00578. The Balaban J connectivity index is 2.54. The van der Waals surface area contributed by atoms with E-state index >= 15 is 0 Å². The van der Waals surface area contributed by atoms with E-state index in [4.69, 9.17) is 15.0 Å². The zero-order valence-electron chi connectivity index (χ0n) is 10.7. The van der Waals surface area contributed by atoms with Crippen LogP contribution in [0.5, 0.6) is 0 Å². The molecule has 0 aromatic carbocycles. The van der Waals surface area contributed by atoms with Crippen LogP contribution in [0.15, 0.2) is 0 Å². The molecule has 88 valence electrons. The van der Waals surface area contributed by atoms with Crippen molar-refractivity contribution >= 4 is 7.12 Å². The van der Waals surface area contributed by atoms with E-state index in [1.165, 1.54) is 0 Å². The first-order valence-corrected chi connectivity index (χ1v) is 5.91. The van der Waals surface area contributed by atoms with Gasteiger partial charge >= 0.3 is 7.12 Å². The van der Waals surface area contributed by atoms with Gasteiger partial charge in [-0.25, -0.2) is 0 Å². The molecule has 0 amide bonds. The fourth-order valence-electron chi connectivity index (χ4n) is 1.64. The third kappa shape index (κ3) is 2.74. The van der Waals surface area contributed by atoms with E-state index in [-0.39, 0.29) is 24.3 Å². The Morgan fingerprint density at radius 1 is 1.13 bits per heavy atom. The second-order valence-electron chi connectivity index (χ2n) is 5.43. The van der Waals surface area contributed by atoms with E-state index in [1.807, 2.05) is 0 Å². The van der Waals surface area contributed by atoms with Crippen molar-refractivity contribution in [2.24, 2.45) is 5.73 Å². The number of unbranched alkanes of at least 4 members (excludes halogenated alkanes) is 1. The monoisotopic (exact) mass is 213 g/mol. The first-order chi connectivity index (χ1) is 6.80. The minimum atomic E-state index is -0.262. The molecule has 0 radical (unpaired) electrons. The topological polar surface area (TPSA) is 44.5 Å². The van der Waals surface area contributed by atoms with Crippen LogP contribution in [0.1, 0.15) is 53.9 Å². The Hall–Kier alpha value is -0.0551. The molecule has 0 bridgehead atoms. The van der Waals surface area contributed by atoms with Crippen molar-refractivity contribution in [2.75, 3.05) is 0 Å². The SMILES string of the molecule is CCCC[C@@H](N)B1OC(C)(C)C(C)(C)O1. The normalized spacial score (nSPS) is 25.6. The number of hydrogen-bond donors (Lipinski definition) is 1. The molecule has 3 nitrogen and oxygen atoms in total. The highest BCUT2D eigenvalue weighted by Crippen LogP contribution is 2.37. The van der Waals surface area contributed by atoms with Crippen LogP contribution in [-0.2, 0) is 9.31 Å². The molecule has 1 aliphatic heterocycles. The molecule has 0 unspecified atom stereocenters. The average Bonchev–Trinajstić information content (AvgIpc) is 2.32. The van der Waals surface area contributed by atoms with Gasteiger partial charge in [-0.1, -0.05) is 19.8 Å². The molecule has 4 heteroatoms. The highest BCUT2D eigenvalue weighted by Gasteiger charge is 2.52. The number of hydrogen-bond acceptors (Lipinski definition) is 3. The molecule has 15 heavy (non-hydrogen) atoms. The largest absolute Gasteiger partial charge is 0.475 e. The van der Waals surface area contributed by atoms with Gasteiger partial charge in [0, 0.05) is 5.94 Å². The van der Waals surface area contributed by atoms with Crippen molar-refractivity contribution in [3.8, 4) is 0 Å². The van der Waals surface area contributed by atoms with E-state index in [0.29, 0.717) is 0 Å². The first-order valence-electron chi connectivity index (χ1n) is 5.91. The van der Waals surface area contributed by atoms with Gasteiger partial charge in [-0.2, -0.15) is 0 Å². The molecule has 0 aromatic rings. The molecule has 2 N–H and O–H groups in total. The first kappa shape index (κ1) is 13.0. The van der Waals surface area contributed by atoms with Gasteiger partial charge in [0.25, 0.3) is 0 Å². The molecule has 1 aliphatic rings. The van der Waals surface area contributed by atoms with Crippen LogP contribution >= 0.6 is 0 Å². The summed E-state index contributed by atoms with van der Waals surface area (Å²) in [6.45, 7) is 10.4. The molecule has 1 atom stereocenters. The summed E-state index contributed by atoms with van der Waals surface area (Å²) in [5.74, 6) is -0.00833. The van der Waals surface area contributed by atoms with Gasteiger partial charge in [0.15, 0.2) is 0 Å². The molecule has 0 spiro atoms. The van der Waals surface area contributed by atoms with E-state index < -0.39 is 0 Å². The van der Waals surface area contributed by atoms with Crippen molar-refractivity contribution < 1.29 is 9.31 Å². The van der Waals surface area contributed by atoms with Gasteiger partial charge in [0.05, 0.1) is 11.2 Å². The van der Waals surface area contributed by atoms with Gasteiger partial charge < -0.3 is 15.0 Å². The Labute approximate surface area is 93.8 Å². The predicted molar refractivity (Wildman–Crippen MR) is 63.6 cm³/mol. The third-order valence-electron chi connectivity index (χ3n) is 3.51. The van der Waals surface area contributed by atoms with Crippen LogP contribution in [-0.4, -0.2) is 24.3 Å². The highest BCUT2D eigenvalue weighted by molar-refractivity contribution is 6.47. The molecular formula is C11H24BNO2. The molecule has 1 fully saturated rings. The molecular weight excluding hydrogens is 189 g/mol. The third-order valence-corrected chi connectivity index (χ3v) is 3.51. The summed E-state index contributed by atoms with van der Waals surface area (Å²) < 4.78 is 11.8. The summed E-state index contributed by atoms with van der Waals surface area (Å²) in [5.41, 5.74) is 5.53. The number of rotatable bonds is 4. The predicted octanol–water partition coefficient (Wildman–Crippen LogP) is 2.14. The van der Waals surface area contributed by atoms with Gasteiger partial charge in [-0.05, 0) is 34.1 Å². The van der Waals surface area contributed by atoms with Crippen molar-refractivity contribution in [2.45, 2.75) is 71.0 Å². The zero-order chi connectivity index (χ0) is 11.7. The Morgan fingerprint density at radius 3 is 2.00 bits per heavy atom. The van der Waals surface area contributed by atoms with Crippen LogP contribution in [0.4, 0.5) is 0 Å². The van der Waals surface area contributed by atoms with Gasteiger partial charge in [0.2, 0.25) is 0 Å². The summed E-state index contributed by atoms with van der Waals surface area (Å²) >= 11 is 0. The summed E-state index contributed by atoms with van der Waals surface area (Å²) in [6.07, 6.45) is 3.26. The van der Waals surface area contributed by atoms with E-state index in [9.17, 15) is 0 Å². The smallest absolute Gasteiger partial charge is 0.402 e. The lowest BCUT2D eigenvalue weighted by Crippen LogP contribution is -2.41. The molecule has 1 rings (SSSR count). The van der Waals surface area contributed by atoms with Crippen LogP contribution in [0.25, 0.3) is 0 Å². The quantitative estimate of drug-likeness (QED) is 0.727. The van der Waals surface area contributed by atoms with Crippen LogP contribution < -0.4 is 5.73 Å². The molecule has 1 saturated heterocycles. The summed E-state index contributed by atoms with van der Waals surface area (Å²) in [6, 6.07) is 0. The van der Waals surface area contributed by atoms with Gasteiger partial charge in [-0.15, -0.1) is 0 Å². The maximum Gasteiger partial charge on any atom is 0.475 e. The van der Waals surface area contributed by atoms with Crippen LogP contribution in [0.2, 0.25) is 0 Å². The lowest BCUT2D eigenvalue weighted by atomic mass is 9.76. The number of nitrogens with two attached hydrogens (primary N) is 1. The van der Waals surface area contributed by atoms with E-state index in [0.717, 1.165) is 19.3 Å². The van der Waals surface area contributed by atoms with Gasteiger partial charge in [0.1, 0.15) is 0 Å². The van der Waals surface area contributed by atoms with Crippen LogP contribution in [0.3, 0.4) is 0 Å². The maximum atomic E-state index is 6.06. The summed E-state index contributed by atoms with van der Waals surface area (Å²) in [5, 5.41) is 0. The maximum absolute atomic E-state index is 6.06. The van der Waals surface area contributed by atoms with Crippen molar-refractivity contribution in [3.63, 3.8) is 0 Å². The standard InChI is InChI=1S/C11H24BNO2/c1-6-7-8-9(13)12-14-10(2,3)11(4,5)15-12/h9H,6-8,13H2,1-5H3/t9-/m1/s1. The Bertz CT molecular complexity index is 203. The van der Waals surface area contributed by atoms with Crippen molar-refractivity contribution in [3.05, 3.63) is 0 Å². The average molecular weight is 213 g/mol. The zero-order valence-corrected chi connectivity index (χ0v) is 10.7. The second-order valence-corrected chi connectivity index (χ2v) is 5.43. The molecule has 0 aliphatic carbocycles. The van der Waals surface area contributed by atoms with Gasteiger partial charge in [-0.3, -0.25) is 0 Å². The van der Waals surface area contributed by atoms with E-state index in [1.54, 1.807) is 0 Å². The molecule has 0 saturated carbocycles. The summed E-state index contributed by atoms with van der Waals surface area (Å²) in [4.78, 5) is 0. The van der Waals surface area contributed by atoms with E-state index in [2.05, 4.69) is 34.6 Å². The fraction of sp³-hybridized carbons (Fsp3) is 1.00. The molecule has 0 aromatic heterocycles. The second kappa shape index (κ2) is 4.44. The van der Waals surface area contributed by atoms with Crippen molar-refractivity contribution in [1.82, 2.24) is 0 Å². The highest BCUT2D eigenvalue weighted by atomic mass is 16.7. The molecule has 1 heterocycles. The Morgan fingerprint density at radius 2 is 1.60 bits per heavy atom. The van der Waals surface area contributed by atoms with Crippen molar-refractivity contribution in [1.29, 1.82) is 0 Å². The fourth-order valence-corrected chi connectivity index (χ4v) is 1.64. The van der Waals surface area contributed by atoms with Crippen LogP contribution in [0, 0.1) is 0 Å².